The average molecular weight is 152 g/mol. The highest BCUT2D eigenvalue weighted by atomic mass is 33.3. The van der Waals surface area contributed by atoms with Crippen LogP contribution >= 0.6 is 10.8 Å². The van der Waals surface area contributed by atoms with Crippen molar-refractivity contribution in [2.45, 2.75) is 12.8 Å². The van der Waals surface area contributed by atoms with E-state index < -0.39 is 0 Å². The Bertz CT molecular complexity index is 71.0. The maximum Gasteiger partial charge on any atom is 0.00773 e. The third kappa shape index (κ3) is 2.11. The largest absolute Gasteiger partial charge is 0.0899 e. The quantitative estimate of drug-likeness (QED) is 0.483. The van der Waals surface area contributed by atoms with Gasteiger partial charge in [-0.05, 0) is 24.0 Å². The van der Waals surface area contributed by atoms with Crippen LogP contribution in [-0.4, -0.2) is 11.5 Å². The molecule has 0 saturated carbocycles. The van der Waals surface area contributed by atoms with Gasteiger partial charge in [0.2, 0.25) is 0 Å². The van der Waals surface area contributed by atoms with E-state index in [0.717, 1.165) is 0 Å². The van der Waals surface area contributed by atoms with E-state index in [9.17, 15) is 0 Å². The van der Waals surface area contributed by atoms with Crippen LogP contribution in [0.1, 0.15) is 12.8 Å². The summed E-state index contributed by atoms with van der Waals surface area (Å²) in [6, 6.07) is 0. The number of rotatable bonds is 0. The molecule has 0 aromatic rings. The molecule has 1 aliphatic heterocycles. The summed E-state index contributed by atoms with van der Waals surface area (Å²) in [4.78, 5) is 0. The predicted molar refractivity (Wildman–Crippen MR) is 41.3 cm³/mol. The molecule has 1 saturated heterocycles. The fraction of sp³-hybridized carbons (Fsp3) is 1.00. The molecule has 1 heterocycles. The van der Waals surface area contributed by atoms with Gasteiger partial charge in [-0.25, -0.2) is 0 Å². The van der Waals surface area contributed by atoms with Crippen LogP contribution in [0.5, 0.6) is 0 Å². The lowest BCUT2D eigenvalue weighted by Crippen LogP contribution is -1.99. The molecule has 1 rings (SSSR count). The lowest BCUT2D eigenvalue weighted by Gasteiger charge is -2.08. The molecule has 0 amide bonds. The zero-order valence-corrected chi connectivity index (χ0v) is 6.50. The van der Waals surface area contributed by atoms with Gasteiger partial charge in [-0.2, -0.15) is 0 Å². The Kier molecular flexibility index (Phi) is 2.63. The van der Waals surface area contributed by atoms with Crippen molar-refractivity contribution in [2.75, 3.05) is 11.5 Å². The monoisotopic (exact) mass is 152 g/mol. The summed E-state index contributed by atoms with van der Waals surface area (Å²) < 4.78 is 0. The summed E-state index contributed by atoms with van der Waals surface area (Å²) in [6.45, 7) is 0. The molecular weight excluding hydrogens is 144 g/mol. The normalized spacial score (nSPS) is 32.9. The first-order valence-electron chi connectivity index (χ1n) is 2.41. The van der Waals surface area contributed by atoms with Crippen molar-refractivity contribution in [2.24, 2.45) is 0 Å². The average Bonchev–Trinajstić information content (AvgIpc) is 1.69. The minimum absolute atomic E-state index is 0.310. The first-order valence-corrected chi connectivity index (χ1v) is 6.23. The molecule has 1 unspecified atom stereocenters. The van der Waals surface area contributed by atoms with E-state index >= 15 is 0 Å². The van der Waals surface area contributed by atoms with E-state index in [1.54, 1.807) is 0 Å². The summed E-state index contributed by atoms with van der Waals surface area (Å²) in [7, 11) is 2.27. The summed E-state index contributed by atoms with van der Waals surface area (Å²) in [5.41, 5.74) is 0. The second-order valence-corrected chi connectivity index (χ2v) is 6.95. The van der Waals surface area contributed by atoms with E-state index in [1.165, 1.54) is 24.3 Å². The van der Waals surface area contributed by atoms with Gasteiger partial charge in [-0.3, -0.25) is 0 Å². The van der Waals surface area contributed by atoms with E-state index in [4.69, 9.17) is 11.2 Å². The standard InChI is InChI=1S/C4H8S3/c5-7-4-2-1-3-6-7/h1-4H2. The highest BCUT2D eigenvalue weighted by molar-refractivity contribution is 8.82. The fourth-order valence-corrected chi connectivity index (χ4v) is 4.18. The van der Waals surface area contributed by atoms with E-state index in [0.29, 0.717) is 8.49 Å². The summed E-state index contributed by atoms with van der Waals surface area (Å²) >= 11 is 5.08. The van der Waals surface area contributed by atoms with Crippen molar-refractivity contribution in [3.05, 3.63) is 0 Å². The molecule has 1 atom stereocenters. The Labute approximate surface area is 55.1 Å². The van der Waals surface area contributed by atoms with Gasteiger partial charge in [-0.15, -0.1) is 0 Å². The van der Waals surface area contributed by atoms with Crippen molar-refractivity contribution in [3.8, 4) is 0 Å². The predicted octanol–water partition coefficient (Wildman–Crippen LogP) is 1.51. The molecule has 0 nitrogen and oxygen atoms in total. The first kappa shape index (κ1) is 6.05. The Morgan fingerprint density at radius 2 is 2.29 bits per heavy atom. The molecule has 0 aromatic carbocycles. The van der Waals surface area contributed by atoms with Gasteiger partial charge in [0.15, 0.2) is 0 Å². The lowest BCUT2D eigenvalue weighted by molar-refractivity contribution is 0.904. The van der Waals surface area contributed by atoms with Gasteiger partial charge in [-0.1, -0.05) is 19.3 Å². The zero-order valence-electron chi connectivity index (χ0n) is 4.05. The van der Waals surface area contributed by atoms with Crippen LogP contribution < -0.4 is 0 Å². The Morgan fingerprint density at radius 1 is 1.43 bits per heavy atom. The second-order valence-electron chi connectivity index (χ2n) is 1.54. The van der Waals surface area contributed by atoms with E-state index in [2.05, 4.69) is 0 Å². The maximum absolute atomic E-state index is 5.08. The molecule has 0 N–H and O–H groups in total. The fourth-order valence-electron chi connectivity index (χ4n) is 0.533. The van der Waals surface area contributed by atoms with Crippen LogP contribution in [0, 0.1) is 0 Å². The number of hydrogen-bond donors (Lipinski definition) is 0. The van der Waals surface area contributed by atoms with Gasteiger partial charge in [0.1, 0.15) is 0 Å². The van der Waals surface area contributed by atoms with Gasteiger partial charge in [0.25, 0.3) is 0 Å². The lowest BCUT2D eigenvalue weighted by atomic mass is 10.4. The van der Waals surface area contributed by atoms with Crippen molar-refractivity contribution in [1.82, 2.24) is 0 Å². The van der Waals surface area contributed by atoms with Gasteiger partial charge in [0.05, 0.1) is 0 Å². The van der Waals surface area contributed by atoms with Crippen LogP contribution in [0.15, 0.2) is 0 Å². The minimum Gasteiger partial charge on any atom is -0.0899 e. The van der Waals surface area contributed by atoms with Crippen LogP contribution in [0.2, 0.25) is 0 Å². The van der Waals surface area contributed by atoms with E-state index in [1.807, 2.05) is 10.8 Å². The molecule has 0 radical (unpaired) electrons. The smallest absolute Gasteiger partial charge is 0.00773 e. The highest BCUT2D eigenvalue weighted by Gasteiger charge is 2.01. The second kappa shape index (κ2) is 3.05. The van der Waals surface area contributed by atoms with Crippen molar-refractivity contribution >= 4 is 30.5 Å². The van der Waals surface area contributed by atoms with Crippen molar-refractivity contribution in [1.29, 1.82) is 0 Å². The summed E-state index contributed by atoms with van der Waals surface area (Å²) in [6.07, 6.45) is 2.77. The Hall–Kier alpha value is 0.920. The number of hydrogen-bond acceptors (Lipinski definition) is 2. The van der Waals surface area contributed by atoms with Gasteiger partial charge >= 0.3 is 0 Å². The molecule has 1 aliphatic rings. The van der Waals surface area contributed by atoms with Crippen LogP contribution in [0.4, 0.5) is 0 Å². The van der Waals surface area contributed by atoms with Crippen molar-refractivity contribution in [3.63, 3.8) is 0 Å². The minimum atomic E-state index is 0.310. The Balaban J connectivity index is 2.25. The molecule has 0 bridgehead atoms. The molecule has 7 heavy (non-hydrogen) atoms. The molecule has 0 spiro atoms. The SMILES string of the molecule is S=S1CCCCS1. The van der Waals surface area contributed by atoms with Gasteiger partial charge < -0.3 is 0 Å². The topological polar surface area (TPSA) is 0 Å². The van der Waals surface area contributed by atoms with Crippen LogP contribution in [-0.2, 0) is 19.7 Å². The summed E-state index contributed by atoms with van der Waals surface area (Å²) in [5.74, 6) is 2.60. The van der Waals surface area contributed by atoms with Gasteiger partial charge in [0, 0.05) is 11.5 Å². The zero-order chi connectivity index (χ0) is 5.11. The molecule has 0 aromatic heterocycles. The molecule has 0 aliphatic carbocycles. The highest BCUT2D eigenvalue weighted by Crippen LogP contribution is 2.17. The van der Waals surface area contributed by atoms with E-state index in [-0.39, 0.29) is 0 Å². The molecule has 42 valence electrons. The molecular formula is C4H8S3. The van der Waals surface area contributed by atoms with Crippen molar-refractivity contribution < 1.29 is 0 Å². The maximum atomic E-state index is 5.08. The third-order valence-electron chi connectivity index (χ3n) is 0.920. The Morgan fingerprint density at radius 3 is 2.57 bits per heavy atom. The first-order chi connectivity index (χ1) is 3.39. The molecule has 1 fully saturated rings. The molecule has 3 heteroatoms. The van der Waals surface area contributed by atoms with Crippen LogP contribution in [0.25, 0.3) is 0 Å². The summed E-state index contributed by atoms with van der Waals surface area (Å²) in [5, 5.41) is 0. The van der Waals surface area contributed by atoms with Crippen LogP contribution in [0.3, 0.4) is 0 Å². The third-order valence-corrected chi connectivity index (χ3v) is 5.42.